The summed E-state index contributed by atoms with van der Waals surface area (Å²) in [5.41, 5.74) is 0. The van der Waals surface area contributed by atoms with E-state index in [1.807, 2.05) is 0 Å². The molecule has 0 atom stereocenters. The van der Waals surface area contributed by atoms with E-state index in [0.29, 0.717) is 0 Å². The summed E-state index contributed by atoms with van der Waals surface area (Å²) in [6.07, 6.45) is 21.0. The molecule has 2 heteroatoms. The van der Waals surface area contributed by atoms with E-state index in [1.165, 1.54) is 89.9 Å². The molecule has 0 rings (SSSR count). The zero-order valence-electron chi connectivity index (χ0n) is 13.9. The van der Waals surface area contributed by atoms with Crippen LogP contribution in [-0.2, 0) is 20.6 Å². The van der Waals surface area contributed by atoms with E-state index in [2.05, 4.69) is 22.8 Å². The average molecular weight is 320 g/mol. The van der Waals surface area contributed by atoms with Gasteiger partial charge in [0.25, 0.3) is 0 Å². The molecule has 0 aliphatic rings. The molecule has 0 N–H and O–H groups in total. The first kappa shape index (κ1) is 20.4. The zero-order chi connectivity index (χ0) is 14.9. The summed E-state index contributed by atoms with van der Waals surface area (Å²) in [5, 5.41) is 0. The molecule has 120 valence electrons. The number of methoxy groups -OCH3 is 1. The van der Waals surface area contributed by atoms with Crippen molar-refractivity contribution in [3.63, 3.8) is 0 Å². The van der Waals surface area contributed by atoms with Crippen LogP contribution >= 0.6 is 0 Å². The number of unbranched alkanes of at least 4 members (excludes halogenated alkanes) is 13. The number of hydrogen-bond donors (Lipinski definition) is 0. The Hall–Kier alpha value is 0.362. The minimum absolute atomic E-state index is 1.06. The Morgan fingerprint density at radius 1 is 0.650 bits per heavy atom. The molecule has 0 aromatic heterocycles. The monoisotopic (exact) mass is 320 g/mol. The van der Waals surface area contributed by atoms with Gasteiger partial charge in [-0.1, -0.05) is 32.6 Å². The van der Waals surface area contributed by atoms with Crippen molar-refractivity contribution >= 4 is 4.57 Å². The summed E-state index contributed by atoms with van der Waals surface area (Å²) >= 11 is 2.97. The minimum atomic E-state index is 1.06. The van der Waals surface area contributed by atoms with E-state index in [9.17, 15) is 0 Å². The molecule has 0 spiro atoms. The van der Waals surface area contributed by atoms with Gasteiger partial charge in [-0.3, -0.25) is 0 Å². The summed E-state index contributed by atoms with van der Waals surface area (Å²) in [5.74, 6) is 0. The van der Waals surface area contributed by atoms with Gasteiger partial charge in [0.05, 0.1) is 0 Å². The molecule has 0 radical (unpaired) electrons. The predicted octanol–water partition coefficient (Wildman–Crippen LogP) is 6.18. The maximum absolute atomic E-state index is 5.12. The van der Waals surface area contributed by atoms with E-state index in [-0.39, 0.29) is 0 Å². The van der Waals surface area contributed by atoms with E-state index in [0.717, 1.165) is 11.0 Å². The second kappa shape index (κ2) is 17.4. The third-order valence-electron chi connectivity index (χ3n) is 3.96. The van der Waals surface area contributed by atoms with Crippen molar-refractivity contribution in [1.29, 1.82) is 0 Å². The molecular formula is C18H36CrO. The molecule has 0 unspecified atom stereocenters. The van der Waals surface area contributed by atoms with Crippen molar-refractivity contribution < 1.29 is 20.6 Å². The molecule has 0 aliphatic heterocycles. The first-order chi connectivity index (χ1) is 9.81. The Morgan fingerprint density at radius 3 is 1.35 bits per heavy atom. The number of hydrogen-bond acceptors (Lipinski definition) is 1. The summed E-state index contributed by atoms with van der Waals surface area (Å²) in [6, 6.07) is 0. The van der Waals surface area contributed by atoms with Crippen LogP contribution in [-0.4, -0.2) is 11.7 Å². The van der Waals surface area contributed by atoms with E-state index in [1.54, 1.807) is 7.11 Å². The van der Waals surface area contributed by atoms with Crippen molar-refractivity contribution in [2.45, 2.75) is 103 Å². The Balaban J connectivity index is 2.97. The molecule has 0 fully saturated rings. The predicted molar refractivity (Wildman–Crippen MR) is 86.9 cm³/mol. The van der Waals surface area contributed by atoms with Crippen LogP contribution in [0, 0.1) is 0 Å². The molecule has 0 aromatic carbocycles. The fraction of sp³-hybridized carbons (Fsp3) is 0.944. The first-order valence-electron chi connectivity index (χ1n) is 8.88. The molecule has 1 nitrogen and oxygen atoms in total. The molecule has 0 amide bonds. The van der Waals surface area contributed by atoms with Gasteiger partial charge in [-0.25, -0.2) is 0 Å². The van der Waals surface area contributed by atoms with Crippen LogP contribution in [0.15, 0.2) is 0 Å². The first-order valence-corrected chi connectivity index (χ1v) is 9.51. The quantitative estimate of drug-likeness (QED) is 0.308. The van der Waals surface area contributed by atoms with Crippen molar-refractivity contribution in [3.05, 3.63) is 0 Å². The van der Waals surface area contributed by atoms with Crippen molar-refractivity contribution in [1.82, 2.24) is 0 Å². The Morgan fingerprint density at radius 2 is 1.00 bits per heavy atom. The number of rotatable bonds is 16. The molecule has 20 heavy (non-hydrogen) atoms. The third-order valence-corrected chi connectivity index (χ3v) is 4.54. The molecule has 0 saturated heterocycles. The fourth-order valence-corrected chi connectivity index (χ4v) is 2.79. The molecule has 0 heterocycles. The molecule has 0 bridgehead atoms. The summed E-state index contributed by atoms with van der Waals surface area (Å²) in [4.78, 5) is 0. The summed E-state index contributed by atoms with van der Waals surface area (Å²) < 4.78 is 6.18. The van der Waals surface area contributed by atoms with Gasteiger partial charge in [-0.15, -0.1) is 0 Å². The van der Waals surface area contributed by atoms with Crippen molar-refractivity contribution in [2.75, 3.05) is 7.11 Å². The third kappa shape index (κ3) is 16.4. The van der Waals surface area contributed by atoms with Crippen LogP contribution < -0.4 is 0 Å². The second-order valence-electron chi connectivity index (χ2n) is 5.92. The van der Waals surface area contributed by atoms with Gasteiger partial charge in [0, 0.05) is 0 Å². The van der Waals surface area contributed by atoms with Gasteiger partial charge in [-0.05, 0) is 0 Å². The van der Waals surface area contributed by atoms with Gasteiger partial charge in [-0.2, -0.15) is 0 Å². The molecular weight excluding hydrogens is 284 g/mol. The topological polar surface area (TPSA) is 9.23 Å². The molecule has 0 saturated carbocycles. The van der Waals surface area contributed by atoms with Gasteiger partial charge < -0.3 is 0 Å². The maximum atomic E-state index is 5.12. The standard InChI is InChI=1S/C18H36O.Cr/c1-3-4-5-6-7-8-9-10-11-12-13-14-15-16-17-18-19-2;/h3-17H2,1-2H3;. The van der Waals surface area contributed by atoms with Gasteiger partial charge in [0.1, 0.15) is 0 Å². The van der Waals surface area contributed by atoms with Gasteiger partial charge >= 0.3 is 103 Å². The summed E-state index contributed by atoms with van der Waals surface area (Å²) in [7, 11) is 1.75. The SMILES string of the molecule is CCCCCCCCCCCCCCCC[C](=[Cr])OC. The van der Waals surface area contributed by atoms with E-state index in [4.69, 9.17) is 4.74 Å². The Bertz CT molecular complexity index is 204. The zero-order valence-corrected chi connectivity index (χ0v) is 15.2. The van der Waals surface area contributed by atoms with Crippen molar-refractivity contribution in [2.24, 2.45) is 0 Å². The van der Waals surface area contributed by atoms with Crippen molar-refractivity contribution in [3.8, 4) is 0 Å². The van der Waals surface area contributed by atoms with E-state index >= 15 is 0 Å². The second-order valence-corrected chi connectivity index (χ2v) is 6.63. The van der Waals surface area contributed by atoms with Crippen LogP contribution in [0.2, 0.25) is 0 Å². The number of ether oxygens (including phenoxy) is 1. The van der Waals surface area contributed by atoms with E-state index < -0.39 is 0 Å². The normalized spacial score (nSPS) is 10.9. The fourth-order valence-electron chi connectivity index (χ4n) is 2.57. The van der Waals surface area contributed by atoms with Gasteiger partial charge in [0.2, 0.25) is 0 Å². The van der Waals surface area contributed by atoms with Crippen LogP contribution in [0.1, 0.15) is 103 Å². The Kier molecular flexibility index (Phi) is 17.7. The molecule has 0 aliphatic carbocycles. The average Bonchev–Trinajstić information content (AvgIpc) is 2.47. The molecule has 0 aromatic rings. The summed E-state index contributed by atoms with van der Waals surface area (Å²) in [6.45, 7) is 2.29. The van der Waals surface area contributed by atoms with Crippen LogP contribution in [0.5, 0.6) is 0 Å². The Labute approximate surface area is 135 Å². The van der Waals surface area contributed by atoms with Crippen LogP contribution in [0.3, 0.4) is 0 Å². The van der Waals surface area contributed by atoms with Crippen LogP contribution in [0.25, 0.3) is 0 Å². The van der Waals surface area contributed by atoms with Gasteiger partial charge in [0.15, 0.2) is 0 Å². The van der Waals surface area contributed by atoms with Crippen LogP contribution in [0.4, 0.5) is 0 Å².